The number of aromatic hydroxyl groups is 2. The predicted octanol–water partition coefficient (Wildman–Crippen LogP) is 19.5. The molecule has 0 saturated heterocycles. The van der Waals surface area contributed by atoms with Gasteiger partial charge in [-0.1, -0.05) is 190 Å². The van der Waals surface area contributed by atoms with Crippen molar-refractivity contribution < 1.29 is 102 Å². The van der Waals surface area contributed by atoms with E-state index in [0.717, 1.165) is 95.3 Å². The fraction of sp³-hybridized carbons (Fsp3) is 0.255. The molecule has 5 atom stereocenters. The summed E-state index contributed by atoms with van der Waals surface area (Å²) in [5.74, 6) is -8.82. The molecule has 612 valence electrons. The number of rotatable bonds is 23. The first-order valence-electron chi connectivity index (χ1n) is 37.7. The van der Waals surface area contributed by atoms with Crippen molar-refractivity contribution in [3.05, 3.63) is 318 Å². The molecule has 1 aliphatic rings. The number of phenolic OH excluding ortho intramolecular Hbond substituents is 1. The van der Waals surface area contributed by atoms with E-state index in [4.69, 9.17) is 35.4 Å². The van der Waals surface area contributed by atoms with Crippen molar-refractivity contribution in [1.82, 2.24) is 4.57 Å². The number of halogens is 2. The second-order valence-corrected chi connectivity index (χ2v) is 29.6. The summed E-state index contributed by atoms with van der Waals surface area (Å²) in [7, 11) is 1.71. The monoisotopic (exact) mass is 1610 g/mol. The molecule has 12 rings (SSSR count). The van der Waals surface area contributed by atoms with Crippen LogP contribution in [-0.2, 0) is 59.8 Å². The first-order valence-corrected chi connectivity index (χ1v) is 38.6. The standard InChI is InChI=1S/C15H15NO3.C15H18O3.C14H12O3S.C14H14O2.C13H8F2O3.C13H18O2.C10H12O3/c1-10-3-5-11(6-4-10)15(19)13-8-7-12(16(13)2)9-14(17)18;1-10(15(17)18)12-7-5-11(6-8-12)9-13-3-2-4-14(13)16;1-9(14(16)17)11-7-8-12(18-11)13(15)10-5-3-2-4-6-10;1-9-3-4-13-8-11(10(2)14(15)16)5-6-12(13)7-9;14-8-2-3-9(11(15)6-8)7-1-4-12(16)10(5-7)13(17)18;1-9(2)8-11-4-6-12(7-5-11)10(3)13(14)15;1-2-7-13-10(12)8-5-3-4-6-9(8)11/h3-8H,9H2,1-2H3,(H,17,18);5-8,10,13H,2-4,9H2,1H3,(H,17,18);2-9H,1H3,(H,16,17);3-8,10H,1-2H3,(H,15,16);1-6,16H,(H,17,18);4-7,9-10H,8H2,1-3H3,(H,14,15);3-6,11H,2,7H2,1H3/t;;;10-;;;/m...0.../s1. The van der Waals surface area contributed by atoms with E-state index < -0.39 is 82.8 Å². The first-order chi connectivity index (χ1) is 55.5. The molecule has 2 aromatic heterocycles. The number of esters is 1. The number of carbonyl (C=O) groups is 10. The summed E-state index contributed by atoms with van der Waals surface area (Å²) >= 11 is 1.24. The summed E-state index contributed by atoms with van der Waals surface area (Å²) < 4.78 is 32.8. The molecule has 2 heterocycles. The zero-order chi connectivity index (χ0) is 86.3. The summed E-state index contributed by atoms with van der Waals surface area (Å²) in [6.07, 6.45) is 5.25. The number of nitrogens with zero attached hydrogens (tertiary/aromatic N) is 1. The number of aliphatic carboxylic acids is 5. The fourth-order valence-corrected chi connectivity index (χ4v) is 12.9. The van der Waals surface area contributed by atoms with Gasteiger partial charge in [0.2, 0.25) is 11.6 Å². The van der Waals surface area contributed by atoms with Gasteiger partial charge in [0.15, 0.2) is 0 Å². The van der Waals surface area contributed by atoms with Gasteiger partial charge >= 0.3 is 41.8 Å². The van der Waals surface area contributed by atoms with E-state index in [1.807, 2.05) is 130 Å². The van der Waals surface area contributed by atoms with Crippen molar-refractivity contribution in [2.45, 2.75) is 131 Å². The van der Waals surface area contributed by atoms with Crippen LogP contribution in [0.4, 0.5) is 8.78 Å². The highest BCUT2D eigenvalue weighted by Crippen LogP contribution is 2.32. The number of ketones is 3. The lowest BCUT2D eigenvalue weighted by molar-refractivity contribution is -0.139. The Morgan fingerprint density at radius 3 is 1.61 bits per heavy atom. The number of benzene rings is 9. The minimum absolute atomic E-state index is 0.0383. The largest absolute Gasteiger partial charge is 0.507 e. The number of fused-ring (bicyclic) bond motifs is 1. The van der Waals surface area contributed by atoms with Gasteiger partial charge in [0.05, 0.1) is 47.3 Å². The number of Topliss-reactive ketones (excluding diaryl/α,β-unsaturated/α-hetero) is 1. The number of carboxylic acid groups (broad SMARTS) is 6. The number of aryl methyl sites for hydroxylation is 2. The second kappa shape index (κ2) is 45.2. The van der Waals surface area contributed by atoms with Crippen LogP contribution in [0.1, 0.15) is 199 Å². The van der Waals surface area contributed by atoms with Crippen LogP contribution in [0.15, 0.2) is 224 Å². The van der Waals surface area contributed by atoms with E-state index in [-0.39, 0.29) is 51.9 Å². The Hall–Kier alpha value is -13.0. The van der Waals surface area contributed by atoms with E-state index in [1.54, 1.807) is 100.0 Å². The van der Waals surface area contributed by atoms with Crippen LogP contribution in [0.3, 0.4) is 0 Å². The molecule has 1 aliphatic carbocycles. The van der Waals surface area contributed by atoms with E-state index in [0.29, 0.717) is 56.6 Å². The van der Waals surface area contributed by atoms with Crippen LogP contribution in [0.5, 0.6) is 11.5 Å². The number of thiophene rings is 1. The molecule has 0 bridgehead atoms. The topological polar surface area (TPSA) is 347 Å². The minimum atomic E-state index is -1.32. The summed E-state index contributed by atoms with van der Waals surface area (Å²) in [4.78, 5) is 113. The smallest absolute Gasteiger partial charge is 0.341 e. The molecular formula is C94H97F2NO19S. The molecule has 9 aromatic carbocycles. The molecule has 0 radical (unpaired) electrons. The number of carbonyl (C=O) groups excluding carboxylic acids is 4. The van der Waals surface area contributed by atoms with Gasteiger partial charge < -0.3 is 50.2 Å². The van der Waals surface area contributed by atoms with Crippen LogP contribution >= 0.6 is 11.3 Å². The predicted molar refractivity (Wildman–Crippen MR) is 445 cm³/mol. The van der Waals surface area contributed by atoms with Crippen LogP contribution in [0.2, 0.25) is 0 Å². The molecule has 0 amide bonds. The molecule has 0 aliphatic heterocycles. The molecule has 8 N–H and O–H groups in total. The van der Waals surface area contributed by atoms with Crippen LogP contribution in [0, 0.1) is 37.3 Å². The normalized spacial score (nSPS) is 12.8. The Bertz CT molecular complexity index is 5240. The summed E-state index contributed by atoms with van der Waals surface area (Å²) in [6, 6.07) is 63.5. The number of hydrogen-bond acceptors (Lipinski definition) is 14. The Morgan fingerprint density at radius 1 is 0.521 bits per heavy atom. The SMILES string of the molecule is CC(C(=O)O)c1ccc(C(=O)c2ccccc2)s1.CC(C(=O)O)c1ccc(CC2CCCC2=O)cc1.CC(C)Cc1ccc(C(C)C(=O)O)cc1.CCCOC(=O)c1ccccc1O.Cc1ccc(C(=O)c2ccc(CC(=O)O)n2C)cc1.Cc1ccc2cc([C@H](C)C(=O)O)ccc2c1.O=C(O)c1cc(-c2ccc(F)cc2F)ccc1O. The van der Waals surface area contributed by atoms with Crippen molar-refractivity contribution in [2.75, 3.05) is 6.61 Å². The lowest BCUT2D eigenvalue weighted by atomic mass is 9.94. The van der Waals surface area contributed by atoms with Crippen molar-refractivity contribution in [3.8, 4) is 22.6 Å². The zero-order valence-electron chi connectivity index (χ0n) is 66.7. The number of phenols is 2. The van der Waals surface area contributed by atoms with Gasteiger partial charge in [0.1, 0.15) is 40.0 Å². The third-order valence-corrected chi connectivity index (χ3v) is 20.2. The molecule has 117 heavy (non-hydrogen) atoms. The zero-order valence-corrected chi connectivity index (χ0v) is 67.5. The van der Waals surface area contributed by atoms with E-state index in [2.05, 4.69) is 19.9 Å². The summed E-state index contributed by atoms with van der Waals surface area (Å²) in [5, 5.41) is 74.1. The fourth-order valence-electron chi connectivity index (χ4n) is 11.9. The number of ether oxygens (including phenoxy) is 1. The molecule has 4 unspecified atom stereocenters. The van der Waals surface area contributed by atoms with Crippen molar-refractivity contribution in [2.24, 2.45) is 18.9 Å². The molecule has 1 fully saturated rings. The third kappa shape index (κ3) is 28.5. The first kappa shape index (κ1) is 92.8. The Kier molecular flexibility index (Phi) is 35.8. The van der Waals surface area contributed by atoms with E-state index >= 15 is 0 Å². The summed E-state index contributed by atoms with van der Waals surface area (Å²) in [6.45, 7) is 17.4. The molecule has 1 saturated carbocycles. The van der Waals surface area contributed by atoms with Gasteiger partial charge in [0, 0.05) is 52.7 Å². The highest BCUT2D eigenvalue weighted by molar-refractivity contribution is 7.14. The molecule has 11 aromatic rings. The Labute approximate surface area is 682 Å². The van der Waals surface area contributed by atoms with Crippen LogP contribution < -0.4 is 0 Å². The minimum Gasteiger partial charge on any atom is -0.507 e. The van der Waals surface area contributed by atoms with E-state index in [9.17, 15) is 66.9 Å². The maximum absolute atomic E-state index is 13.5. The van der Waals surface area contributed by atoms with E-state index in [1.165, 1.54) is 46.7 Å². The average molecular weight is 1610 g/mol. The highest BCUT2D eigenvalue weighted by Gasteiger charge is 2.26. The number of aromatic nitrogens is 1. The molecule has 0 spiro atoms. The molecule has 23 heteroatoms. The van der Waals surface area contributed by atoms with Crippen LogP contribution in [0.25, 0.3) is 21.9 Å². The lowest BCUT2D eigenvalue weighted by Crippen LogP contribution is -2.11. The Balaban J connectivity index is 0.000000213. The number of carboxylic acids is 6. The van der Waals surface area contributed by atoms with Gasteiger partial charge in [-0.05, 0) is 184 Å². The van der Waals surface area contributed by atoms with Gasteiger partial charge in [-0.3, -0.25) is 38.4 Å². The maximum atomic E-state index is 13.5. The maximum Gasteiger partial charge on any atom is 0.341 e. The third-order valence-electron chi connectivity index (χ3n) is 19.0. The summed E-state index contributed by atoms with van der Waals surface area (Å²) in [5.41, 5.74) is 9.77. The number of aromatic carboxylic acids is 1. The molecule has 20 nitrogen and oxygen atoms in total. The van der Waals surface area contributed by atoms with Crippen molar-refractivity contribution in [1.29, 1.82) is 0 Å². The van der Waals surface area contributed by atoms with Crippen molar-refractivity contribution >= 4 is 81.2 Å². The van der Waals surface area contributed by atoms with Gasteiger partial charge in [-0.15, -0.1) is 11.3 Å². The van der Waals surface area contributed by atoms with Gasteiger partial charge in [0.25, 0.3) is 0 Å². The lowest BCUT2D eigenvalue weighted by Gasteiger charge is -2.10. The van der Waals surface area contributed by atoms with Gasteiger partial charge in [-0.2, -0.15) is 0 Å². The average Bonchev–Trinajstić information content (AvgIpc) is 1.27. The second-order valence-electron chi connectivity index (χ2n) is 28.4. The highest BCUT2D eigenvalue weighted by atomic mass is 32.1. The van der Waals surface area contributed by atoms with Crippen molar-refractivity contribution in [3.63, 3.8) is 0 Å². The number of para-hydroxylation sites is 1. The Morgan fingerprint density at radius 2 is 1.06 bits per heavy atom. The quantitative estimate of drug-likeness (QED) is 0.0218. The molecular weight excluding hydrogens is 1520 g/mol. The van der Waals surface area contributed by atoms with Gasteiger partial charge in [-0.25, -0.2) is 18.4 Å². The number of hydrogen-bond donors (Lipinski definition) is 8. The van der Waals surface area contributed by atoms with Crippen LogP contribution in [-0.4, -0.2) is 111 Å².